The number of esters is 1. The molecule has 1 aromatic heterocycles. The van der Waals surface area contributed by atoms with E-state index in [1.54, 1.807) is 18.2 Å². The van der Waals surface area contributed by atoms with Gasteiger partial charge < -0.3 is 19.6 Å². The summed E-state index contributed by atoms with van der Waals surface area (Å²) in [6.07, 6.45) is 0. The summed E-state index contributed by atoms with van der Waals surface area (Å²) in [5, 5.41) is 12.1. The molecule has 0 spiro atoms. The van der Waals surface area contributed by atoms with Gasteiger partial charge in [-0.15, -0.1) is 0 Å². The summed E-state index contributed by atoms with van der Waals surface area (Å²) < 4.78 is 10.6. The van der Waals surface area contributed by atoms with Crippen LogP contribution in [0.25, 0.3) is 11.0 Å². The van der Waals surface area contributed by atoms with Gasteiger partial charge in [0.25, 0.3) is 5.91 Å². The van der Waals surface area contributed by atoms with Gasteiger partial charge in [0.15, 0.2) is 11.8 Å². The highest BCUT2D eigenvalue weighted by Gasteiger charge is 2.23. The Morgan fingerprint density at radius 3 is 2.85 bits per heavy atom. The molecule has 106 valence electrons. The Bertz CT molecular complexity index is 651. The molecule has 0 aliphatic heterocycles. The fraction of sp³-hybridized carbons (Fsp3) is 0.231. The van der Waals surface area contributed by atoms with Crippen LogP contribution in [0.15, 0.2) is 33.2 Å². The number of rotatable bonds is 4. The molecule has 0 fully saturated rings. The van der Waals surface area contributed by atoms with Crippen LogP contribution in [0, 0.1) is 0 Å². The van der Waals surface area contributed by atoms with Crippen molar-refractivity contribution >= 4 is 38.8 Å². The summed E-state index contributed by atoms with van der Waals surface area (Å²) in [4.78, 5) is 23.3. The Hall–Kier alpha value is -1.86. The molecule has 1 aromatic carbocycles. The van der Waals surface area contributed by atoms with Gasteiger partial charge in [0.05, 0.1) is 18.2 Å². The average Bonchev–Trinajstić information content (AvgIpc) is 2.89. The van der Waals surface area contributed by atoms with E-state index in [4.69, 9.17) is 9.52 Å². The molecule has 0 saturated carbocycles. The molecular formula is C13H12BrNO5. The third kappa shape index (κ3) is 2.83. The average molecular weight is 342 g/mol. The highest BCUT2D eigenvalue weighted by atomic mass is 79.9. The van der Waals surface area contributed by atoms with Crippen LogP contribution in [-0.2, 0) is 9.53 Å². The van der Waals surface area contributed by atoms with Gasteiger partial charge in [-0.3, -0.25) is 4.79 Å². The summed E-state index contributed by atoms with van der Waals surface area (Å²) >= 11 is 3.32. The number of carbonyl (C=O) groups is 2. The van der Waals surface area contributed by atoms with E-state index in [0.717, 1.165) is 9.86 Å². The van der Waals surface area contributed by atoms with Crippen molar-refractivity contribution in [3.63, 3.8) is 0 Å². The molecule has 0 saturated heterocycles. The number of methoxy groups -OCH3 is 1. The number of ether oxygens (including phenoxy) is 1. The molecule has 0 aliphatic carbocycles. The summed E-state index contributed by atoms with van der Waals surface area (Å²) in [6, 6.07) is 5.84. The van der Waals surface area contributed by atoms with E-state index < -0.39 is 24.5 Å². The van der Waals surface area contributed by atoms with E-state index in [9.17, 15) is 9.59 Å². The maximum atomic E-state index is 12.0. The molecule has 1 heterocycles. The van der Waals surface area contributed by atoms with E-state index in [-0.39, 0.29) is 5.76 Å². The number of hydrogen-bond acceptors (Lipinski definition) is 5. The van der Waals surface area contributed by atoms with Crippen LogP contribution in [0.2, 0.25) is 0 Å². The van der Waals surface area contributed by atoms with Crippen LogP contribution in [0.5, 0.6) is 0 Å². The molecule has 7 heteroatoms. The first kappa shape index (κ1) is 14.5. The molecule has 6 nitrogen and oxygen atoms in total. The number of hydrogen-bond donors (Lipinski definition) is 2. The molecule has 0 aliphatic rings. The minimum Gasteiger partial charge on any atom is -0.467 e. The van der Waals surface area contributed by atoms with Crippen molar-refractivity contribution in [2.75, 3.05) is 13.7 Å². The first-order valence-corrected chi connectivity index (χ1v) is 6.53. The SMILES string of the molecule is COC(=O)C(CO)NC(=O)c1cc2cccc(Br)c2o1. The zero-order valence-electron chi connectivity index (χ0n) is 10.6. The van der Waals surface area contributed by atoms with E-state index in [0.29, 0.717) is 5.58 Å². The van der Waals surface area contributed by atoms with Gasteiger partial charge in [0.2, 0.25) is 0 Å². The predicted octanol–water partition coefficient (Wildman–Crippen LogP) is 1.46. The molecule has 2 aromatic rings. The fourth-order valence-corrected chi connectivity index (χ4v) is 2.15. The molecule has 1 amide bonds. The molecule has 0 bridgehead atoms. The summed E-state index contributed by atoms with van der Waals surface area (Å²) in [5.41, 5.74) is 0.538. The molecule has 2 N–H and O–H groups in total. The number of amides is 1. The monoisotopic (exact) mass is 341 g/mol. The zero-order valence-corrected chi connectivity index (χ0v) is 12.1. The number of furan rings is 1. The van der Waals surface area contributed by atoms with Crippen molar-refractivity contribution in [2.45, 2.75) is 6.04 Å². The number of nitrogens with one attached hydrogen (secondary N) is 1. The second kappa shape index (κ2) is 6.06. The number of aliphatic hydroxyl groups is 1. The minimum atomic E-state index is -1.12. The Kier molecular flexibility index (Phi) is 4.41. The van der Waals surface area contributed by atoms with Crippen molar-refractivity contribution in [2.24, 2.45) is 0 Å². The number of aliphatic hydroxyl groups excluding tert-OH is 1. The van der Waals surface area contributed by atoms with Gasteiger partial charge in [0, 0.05) is 5.39 Å². The Labute approximate surface area is 122 Å². The zero-order chi connectivity index (χ0) is 14.7. The van der Waals surface area contributed by atoms with Crippen molar-refractivity contribution in [1.82, 2.24) is 5.32 Å². The molecule has 1 atom stereocenters. The predicted molar refractivity (Wildman–Crippen MR) is 74.3 cm³/mol. The second-order valence-corrected chi connectivity index (χ2v) is 4.85. The molecule has 0 radical (unpaired) electrons. The number of para-hydroxylation sites is 1. The number of fused-ring (bicyclic) bond motifs is 1. The van der Waals surface area contributed by atoms with Gasteiger partial charge in [-0.2, -0.15) is 0 Å². The number of carbonyl (C=O) groups excluding carboxylic acids is 2. The third-order valence-electron chi connectivity index (χ3n) is 2.69. The van der Waals surface area contributed by atoms with Gasteiger partial charge >= 0.3 is 5.97 Å². The Morgan fingerprint density at radius 1 is 1.50 bits per heavy atom. The molecule has 2 rings (SSSR count). The van der Waals surface area contributed by atoms with Crippen molar-refractivity contribution in [3.05, 3.63) is 34.5 Å². The van der Waals surface area contributed by atoms with Crippen LogP contribution >= 0.6 is 15.9 Å². The van der Waals surface area contributed by atoms with Crippen LogP contribution in [0.3, 0.4) is 0 Å². The van der Waals surface area contributed by atoms with E-state index in [2.05, 4.69) is 26.0 Å². The largest absolute Gasteiger partial charge is 0.467 e. The van der Waals surface area contributed by atoms with Crippen molar-refractivity contribution in [3.8, 4) is 0 Å². The number of benzene rings is 1. The van der Waals surface area contributed by atoms with Gasteiger partial charge in [-0.1, -0.05) is 12.1 Å². The van der Waals surface area contributed by atoms with Crippen LogP contribution < -0.4 is 5.32 Å². The Balaban J connectivity index is 2.23. The normalized spacial score (nSPS) is 12.2. The minimum absolute atomic E-state index is 0.0502. The van der Waals surface area contributed by atoms with Crippen LogP contribution in [-0.4, -0.2) is 36.7 Å². The highest BCUT2D eigenvalue weighted by Crippen LogP contribution is 2.26. The lowest BCUT2D eigenvalue weighted by atomic mass is 10.2. The first-order chi connectivity index (χ1) is 9.56. The standard InChI is InChI=1S/C13H12BrNO5/c1-19-13(18)9(6-16)15-12(17)10-5-7-3-2-4-8(14)11(7)20-10/h2-5,9,16H,6H2,1H3,(H,15,17). The quantitative estimate of drug-likeness (QED) is 0.822. The van der Waals surface area contributed by atoms with Gasteiger partial charge in [-0.25, -0.2) is 4.79 Å². The highest BCUT2D eigenvalue weighted by molar-refractivity contribution is 9.10. The van der Waals surface area contributed by atoms with E-state index >= 15 is 0 Å². The van der Waals surface area contributed by atoms with Crippen LogP contribution in [0.1, 0.15) is 10.6 Å². The summed E-state index contributed by atoms with van der Waals surface area (Å²) in [6.45, 7) is -0.553. The lowest BCUT2D eigenvalue weighted by Gasteiger charge is -2.12. The number of halogens is 1. The second-order valence-electron chi connectivity index (χ2n) is 4.00. The molecular weight excluding hydrogens is 330 g/mol. The molecule has 1 unspecified atom stereocenters. The first-order valence-electron chi connectivity index (χ1n) is 5.74. The summed E-state index contributed by atoms with van der Waals surface area (Å²) in [7, 11) is 1.18. The maximum Gasteiger partial charge on any atom is 0.330 e. The lowest BCUT2D eigenvalue weighted by Crippen LogP contribution is -2.43. The van der Waals surface area contributed by atoms with Crippen LogP contribution in [0.4, 0.5) is 0 Å². The van der Waals surface area contributed by atoms with E-state index in [1.807, 2.05) is 6.07 Å². The topological polar surface area (TPSA) is 88.8 Å². The van der Waals surface area contributed by atoms with E-state index in [1.165, 1.54) is 7.11 Å². The fourth-order valence-electron chi connectivity index (χ4n) is 1.69. The van der Waals surface area contributed by atoms with Gasteiger partial charge in [-0.05, 0) is 28.1 Å². The Morgan fingerprint density at radius 2 is 2.25 bits per heavy atom. The lowest BCUT2D eigenvalue weighted by molar-refractivity contribution is -0.143. The smallest absolute Gasteiger partial charge is 0.330 e. The third-order valence-corrected chi connectivity index (χ3v) is 3.32. The molecule has 20 heavy (non-hydrogen) atoms. The van der Waals surface area contributed by atoms with Crippen molar-refractivity contribution in [1.29, 1.82) is 0 Å². The van der Waals surface area contributed by atoms with Crippen molar-refractivity contribution < 1.29 is 23.8 Å². The van der Waals surface area contributed by atoms with Gasteiger partial charge in [0.1, 0.15) is 5.58 Å². The maximum absolute atomic E-state index is 12.0. The summed E-state index contributed by atoms with van der Waals surface area (Å²) in [5.74, 6) is -1.27.